The van der Waals surface area contributed by atoms with Gasteiger partial charge < -0.3 is 5.32 Å². The number of rotatable bonds is 3. The second kappa shape index (κ2) is 5.41. The molecule has 1 atom stereocenters. The van der Waals surface area contributed by atoms with E-state index in [-0.39, 0.29) is 0 Å². The summed E-state index contributed by atoms with van der Waals surface area (Å²) in [5, 5.41) is 3.73. The molecule has 1 N–H and O–H groups in total. The molecular formula is C14H22BrNS. The monoisotopic (exact) mass is 315 g/mol. The van der Waals surface area contributed by atoms with E-state index in [1.54, 1.807) is 10.4 Å². The Morgan fingerprint density at radius 3 is 2.94 bits per heavy atom. The molecule has 17 heavy (non-hydrogen) atoms. The van der Waals surface area contributed by atoms with Crippen LogP contribution in [-0.4, -0.2) is 6.54 Å². The molecule has 0 spiro atoms. The zero-order valence-corrected chi connectivity index (χ0v) is 13.4. The Hall–Kier alpha value is 0.140. The molecule has 1 aromatic heterocycles. The highest BCUT2D eigenvalue weighted by Gasteiger charge is 2.22. The maximum atomic E-state index is 3.73. The van der Waals surface area contributed by atoms with Crippen molar-refractivity contribution in [1.82, 2.24) is 5.32 Å². The third-order valence-electron chi connectivity index (χ3n) is 3.35. The van der Waals surface area contributed by atoms with Crippen LogP contribution in [0.5, 0.6) is 0 Å². The number of nitrogens with one attached hydrogen (secondary N) is 1. The Kier molecular flexibility index (Phi) is 4.32. The normalized spacial score (nSPS) is 20.4. The van der Waals surface area contributed by atoms with Crippen LogP contribution in [0.3, 0.4) is 0 Å². The Bertz CT molecular complexity index is 378. The SMILES string of the molecule is CC(C)(C)CCNC1CCCc2sc(Br)cc21. The zero-order valence-electron chi connectivity index (χ0n) is 11.0. The van der Waals surface area contributed by atoms with E-state index in [1.807, 2.05) is 11.3 Å². The quantitative estimate of drug-likeness (QED) is 0.835. The number of fused-ring (bicyclic) bond motifs is 1. The molecular weight excluding hydrogens is 294 g/mol. The van der Waals surface area contributed by atoms with Gasteiger partial charge in [-0.15, -0.1) is 11.3 Å². The standard InChI is InChI=1S/C14H22BrNS/c1-14(2,3)7-8-16-11-5-4-6-12-10(11)9-13(15)17-12/h9,11,16H,4-8H2,1-3H3. The summed E-state index contributed by atoms with van der Waals surface area (Å²) in [6, 6.07) is 2.90. The molecule has 3 heteroatoms. The van der Waals surface area contributed by atoms with Gasteiger partial charge in [-0.1, -0.05) is 20.8 Å². The van der Waals surface area contributed by atoms with Crippen molar-refractivity contribution in [3.63, 3.8) is 0 Å². The lowest BCUT2D eigenvalue weighted by Crippen LogP contribution is -2.27. The molecule has 0 bridgehead atoms. The van der Waals surface area contributed by atoms with Gasteiger partial charge in [-0.2, -0.15) is 0 Å². The predicted molar refractivity (Wildman–Crippen MR) is 79.8 cm³/mol. The summed E-state index contributed by atoms with van der Waals surface area (Å²) in [4.78, 5) is 1.58. The first-order chi connectivity index (χ1) is 7.96. The topological polar surface area (TPSA) is 12.0 Å². The summed E-state index contributed by atoms with van der Waals surface area (Å²) in [5.41, 5.74) is 1.97. The fourth-order valence-corrected chi connectivity index (χ4v) is 4.17. The second-order valence-electron chi connectivity index (χ2n) is 6.14. The van der Waals surface area contributed by atoms with Crippen LogP contribution in [0.25, 0.3) is 0 Å². The van der Waals surface area contributed by atoms with Crippen LogP contribution in [0.4, 0.5) is 0 Å². The molecule has 1 aliphatic carbocycles. The van der Waals surface area contributed by atoms with Gasteiger partial charge in [-0.05, 0) is 65.2 Å². The van der Waals surface area contributed by atoms with Crippen molar-refractivity contribution in [2.75, 3.05) is 6.54 Å². The van der Waals surface area contributed by atoms with Gasteiger partial charge in [0.05, 0.1) is 3.79 Å². The first-order valence-corrected chi connectivity index (χ1v) is 8.08. The summed E-state index contributed by atoms with van der Waals surface area (Å²) >= 11 is 5.52. The van der Waals surface area contributed by atoms with Crippen molar-refractivity contribution in [2.24, 2.45) is 5.41 Å². The number of thiophene rings is 1. The third kappa shape index (κ3) is 3.80. The number of halogens is 1. The summed E-state index contributed by atoms with van der Waals surface area (Å²) in [6.07, 6.45) is 5.13. The maximum absolute atomic E-state index is 3.73. The lowest BCUT2D eigenvalue weighted by molar-refractivity contribution is 0.346. The Morgan fingerprint density at radius 1 is 1.47 bits per heavy atom. The van der Waals surface area contributed by atoms with E-state index in [9.17, 15) is 0 Å². The fraction of sp³-hybridized carbons (Fsp3) is 0.714. The van der Waals surface area contributed by atoms with Crippen molar-refractivity contribution in [3.05, 3.63) is 20.3 Å². The van der Waals surface area contributed by atoms with Crippen LogP contribution < -0.4 is 5.32 Å². The number of hydrogen-bond acceptors (Lipinski definition) is 2. The summed E-state index contributed by atoms with van der Waals surface area (Å²) in [6.45, 7) is 8.05. The molecule has 0 fully saturated rings. The molecule has 96 valence electrons. The number of aryl methyl sites for hydroxylation is 1. The molecule has 0 saturated heterocycles. The summed E-state index contributed by atoms with van der Waals surface area (Å²) in [7, 11) is 0. The Labute approximate surface area is 117 Å². The van der Waals surface area contributed by atoms with E-state index < -0.39 is 0 Å². The third-order valence-corrected chi connectivity index (χ3v) is 5.06. The Balaban J connectivity index is 1.94. The first kappa shape index (κ1) is 13.6. The van der Waals surface area contributed by atoms with Crippen molar-refractivity contribution >= 4 is 27.3 Å². The Morgan fingerprint density at radius 2 is 2.24 bits per heavy atom. The highest BCUT2D eigenvalue weighted by atomic mass is 79.9. The van der Waals surface area contributed by atoms with Crippen LogP contribution in [0, 0.1) is 5.41 Å². The smallest absolute Gasteiger partial charge is 0.0704 e. The number of hydrogen-bond donors (Lipinski definition) is 1. The van der Waals surface area contributed by atoms with Crippen molar-refractivity contribution in [3.8, 4) is 0 Å². The minimum Gasteiger partial charge on any atom is -0.310 e. The molecule has 1 aromatic rings. The molecule has 0 saturated carbocycles. The van der Waals surface area contributed by atoms with E-state index >= 15 is 0 Å². The largest absolute Gasteiger partial charge is 0.310 e. The molecule has 2 rings (SSSR count). The van der Waals surface area contributed by atoms with Gasteiger partial charge in [-0.3, -0.25) is 0 Å². The van der Waals surface area contributed by atoms with Crippen LogP contribution in [0.2, 0.25) is 0 Å². The summed E-state index contributed by atoms with van der Waals surface area (Å²) in [5.74, 6) is 0. The van der Waals surface area contributed by atoms with E-state index in [0.29, 0.717) is 11.5 Å². The highest BCUT2D eigenvalue weighted by molar-refractivity contribution is 9.11. The van der Waals surface area contributed by atoms with Gasteiger partial charge in [-0.25, -0.2) is 0 Å². The van der Waals surface area contributed by atoms with E-state index in [4.69, 9.17) is 0 Å². The van der Waals surface area contributed by atoms with Crippen molar-refractivity contribution in [1.29, 1.82) is 0 Å². The summed E-state index contributed by atoms with van der Waals surface area (Å²) < 4.78 is 1.28. The molecule has 1 unspecified atom stereocenters. The van der Waals surface area contributed by atoms with Crippen LogP contribution in [-0.2, 0) is 6.42 Å². The predicted octanol–water partition coefficient (Wildman–Crippen LogP) is 4.91. The van der Waals surface area contributed by atoms with Crippen molar-refractivity contribution in [2.45, 2.75) is 52.5 Å². The van der Waals surface area contributed by atoms with Gasteiger partial charge in [0.25, 0.3) is 0 Å². The van der Waals surface area contributed by atoms with Crippen LogP contribution >= 0.6 is 27.3 Å². The van der Waals surface area contributed by atoms with E-state index in [2.05, 4.69) is 48.1 Å². The molecule has 1 aliphatic rings. The van der Waals surface area contributed by atoms with Gasteiger partial charge in [0.1, 0.15) is 0 Å². The second-order valence-corrected chi connectivity index (χ2v) is 8.65. The van der Waals surface area contributed by atoms with E-state index in [0.717, 1.165) is 6.54 Å². The molecule has 0 aliphatic heterocycles. The minimum atomic E-state index is 0.430. The van der Waals surface area contributed by atoms with Gasteiger partial charge in [0.2, 0.25) is 0 Å². The lowest BCUT2D eigenvalue weighted by atomic mass is 9.91. The zero-order chi connectivity index (χ0) is 12.5. The average Bonchev–Trinajstić information content (AvgIpc) is 2.57. The van der Waals surface area contributed by atoms with Crippen LogP contribution in [0.15, 0.2) is 9.85 Å². The first-order valence-electron chi connectivity index (χ1n) is 6.47. The maximum Gasteiger partial charge on any atom is 0.0704 e. The van der Waals surface area contributed by atoms with Gasteiger partial charge in [0, 0.05) is 10.9 Å². The minimum absolute atomic E-state index is 0.430. The molecule has 0 radical (unpaired) electrons. The van der Waals surface area contributed by atoms with E-state index in [1.165, 1.54) is 29.5 Å². The molecule has 1 heterocycles. The van der Waals surface area contributed by atoms with Gasteiger partial charge in [0.15, 0.2) is 0 Å². The van der Waals surface area contributed by atoms with Crippen molar-refractivity contribution < 1.29 is 0 Å². The average molecular weight is 316 g/mol. The molecule has 1 nitrogen and oxygen atoms in total. The molecule has 0 aromatic carbocycles. The highest BCUT2D eigenvalue weighted by Crippen LogP contribution is 2.38. The van der Waals surface area contributed by atoms with Gasteiger partial charge >= 0.3 is 0 Å². The van der Waals surface area contributed by atoms with Crippen LogP contribution in [0.1, 0.15) is 56.5 Å². The molecule has 0 amide bonds. The lowest BCUT2D eigenvalue weighted by Gasteiger charge is -2.26. The fourth-order valence-electron chi connectivity index (χ4n) is 2.35.